The van der Waals surface area contributed by atoms with Crippen LogP contribution in [0.5, 0.6) is 0 Å². The zero-order valence-electron chi connectivity index (χ0n) is 17.4. The van der Waals surface area contributed by atoms with Crippen molar-refractivity contribution in [2.75, 3.05) is 38.5 Å². The van der Waals surface area contributed by atoms with Crippen molar-refractivity contribution in [3.8, 4) is 0 Å². The second-order valence-corrected chi connectivity index (χ2v) is 10.0. The molecular weight excluding hydrogens is 511 g/mol. The molecule has 1 aromatic carbocycles. The van der Waals surface area contributed by atoms with Crippen LogP contribution in [-0.2, 0) is 20.9 Å². The highest BCUT2D eigenvalue weighted by molar-refractivity contribution is 8.01. The lowest BCUT2D eigenvalue weighted by Gasteiger charge is -2.33. The summed E-state index contributed by atoms with van der Waals surface area (Å²) in [7, 11) is 0. The average molecular weight is 533 g/mol. The molecule has 1 unspecified atom stereocenters. The number of nitrogens with zero attached hydrogens (tertiary/aromatic N) is 2. The Bertz CT molecular complexity index is 1010. The maximum Gasteiger partial charge on any atom is 0.322 e. The first-order valence-corrected chi connectivity index (χ1v) is 12.5. The van der Waals surface area contributed by atoms with Gasteiger partial charge in [-0.15, -0.1) is 11.3 Å². The Morgan fingerprint density at radius 2 is 2.09 bits per heavy atom. The lowest BCUT2D eigenvalue weighted by molar-refractivity contribution is -0.135. The van der Waals surface area contributed by atoms with Gasteiger partial charge in [0.15, 0.2) is 4.34 Å². The van der Waals surface area contributed by atoms with Crippen molar-refractivity contribution in [2.45, 2.75) is 17.0 Å². The van der Waals surface area contributed by atoms with Crippen LogP contribution >= 0.6 is 46.3 Å². The van der Waals surface area contributed by atoms with Gasteiger partial charge in [-0.3, -0.25) is 19.3 Å². The normalized spacial score (nSPS) is 16.4. The Kier molecular flexibility index (Phi) is 9.78. The number of halogens is 2. The van der Waals surface area contributed by atoms with Crippen molar-refractivity contribution >= 4 is 64.1 Å². The number of aromatic nitrogens is 1. The van der Waals surface area contributed by atoms with E-state index in [2.05, 4.69) is 20.5 Å². The van der Waals surface area contributed by atoms with Gasteiger partial charge in [-0.05, 0) is 17.7 Å². The van der Waals surface area contributed by atoms with Crippen molar-refractivity contribution in [3.63, 3.8) is 0 Å². The van der Waals surface area contributed by atoms with Crippen molar-refractivity contribution in [2.24, 2.45) is 0 Å². The van der Waals surface area contributed by atoms with E-state index in [1.54, 1.807) is 6.07 Å². The number of hydrogen-bond donors (Lipinski definition) is 3. The molecule has 1 atom stereocenters. The van der Waals surface area contributed by atoms with Crippen LogP contribution in [0.25, 0.3) is 0 Å². The number of aliphatic carboxylic acids is 1. The van der Waals surface area contributed by atoms with Crippen molar-refractivity contribution in [1.82, 2.24) is 20.5 Å². The number of carboxylic acid groups (broad SMARTS) is 1. The second kappa shape index (κ2) is 12.5. The van der Waals surface area contributed by atoms with E-state index in [4.69, 9.17) is 33.0 Å². The molecule has 2 heterocycles. The number of nitrogens with one attached hydrogen (secondary N) is 2. The summed E-state index contributed by atoms with van der Waals surface area (Å²) in [5, 5.41) is 16.3. The third-order valence-electron chi connectivity index (χ3n) is 4.58. The maximum absolute atomic E-state index is 12.2. The van der Waals surface area contributed by atoms with Crippen LogP contribution in [-0.4, -0.2) is 77.4 Å². The molecule has 0 radical (unpaired) electrons. The van der Waals surface area contributed by atoms with Gasteiger partial charge in [0, 0.05) is 31.6 Å². The van der Waals surface area contributed by atoms with E-state index in [-0.39, 0.29) is 23.5 Å². The molecule has 3 rings (SSSR count). The summed E-state index contributed by atoms with van der Waals surface area (Å²) in [6.45, 7) is 2.66. The molecule has 1 aliphatic rings. The highest BCUT2D eigenvalue weighted by atomic mass is 35.5. The molecule has 1 saturated heterocycles. The Morgan fingerprint density at radius 3 is 2.85 bits per heavy atom. The van der Waals surface area contributed by atoms with Gasteiger partial charge >= 0.3 is 5.97 Å². The first-order chi connectivity index (χ1) is 15.8. The number of amides is 2. The van der Waals surface area contributed by atoms with Crippen LogP contribution in [0.4, 0.5) is 0 Å². The van der Waals surface area contributed by atoms with Gasteiger partial charge in [0.05, 0.1) is 28.5 Å². The van der Waals surface area contributed by atoms with E-state index in [1.807, 2.05) is 12.1 Å². The zero-order valence-corrected chi connectivity index (χ0v) is 20.5. The van der Waals surface area contributed by atoms with Gasteiger partial charge < -0.3 is 20.5 Å². The fourth-order valence-corrected chi connectivity index (χ4v) is 4.98. The molecular formula is C20H22Cl2N4O5S2. The van der Waals surface area contributed by atoms with Gasteiger partial charge in [-0.25, -0.2) is 4.98 Å². The molecule has 1 aromatic heterocycles. The third kappa shape index (κ3) is 8.43. The topological polar surface area (TPSA) is 121 Å². The van der Waals surface area contributed by atoms with Crippen molar-refractivity contribution < 1.29 is 24.2 Å². The van der Waals surface area contributed by atoms with E-state index >= 15 is 0 Å². The summed E-state index contributed by atoms with van der Waals surface area (Å²) >= 11 is 14.5. The standard InChI is InChI=1S/C20H22Cl2N4O5S2/c21-14-2-1-12(5-15(14)22)8-26-3-4-31-13(9-26)6-23-17(27)11-33-20-25-16(10-32-20)19(30)24-7-18(28)29/h1-2,5,10,13H,3-4,6-9,11H2,(H,23,27)(H,24,30)(H,28,29). The SMILES string of the molecule is O=C(O)CNC(=O)c1csc(SCC(=O)NCC2CN(Cc3ccc(Cl)c(Cl)c3)CCO2)n1. The molecule has 2 aromatic rings. The van der Waals surface area contributed by atoms with Crippen LogP contribution in [0, 0.1) is 0 Å². The highest BCUT2D eigenvalue weighted by Crippen LogP contribution is 2.24. The number of carbonyl (C=O) groups is 3. The fraction of sp³-hybridized carbons (Fsp3) is 0.400. The average Bonchev–Trinajstić information content (AvgIpc) is 3.26. The Balaban J connectivity index is 1.38. The number of benzene rings is 1. The smallest absolute Gasteiger partial charge is 0.322 e. The summed E-state index contributed by atoms with van der Waals surface area (Å²) in [5.41, 5.74) is 1.19. The molecule has 0 bridgehead atoms. The largest absolute Gasteiger partial charge is 0.480 e. The Labute approximate surface area is 208 Å². The number of hydrogen-bond acceptors (Lipinski definition) is 8. The van der Waals surface area contributed by atoms with Gasteiger partial charge in [-0.1, -0.05) is 41.0 Å². The summed E-state index contributed by atoms with van der Waals surface area (Å²) in [5.74, 6) is -1.73. The lowest BCUT2D eigenvalue weighted by Crippen LogP contribution is -2.47. The van der Waals surface area contributed by atoms with Crippen LogP contribution in [0.1, 0.15) is 16.1 Å². The van der Waals surface area contributed by atoms with Crippen LogP contribution in [0.15, 0.2) is 27.9 Å². The monoisotopic (exact) mass is 532 g/mol. The number of rotatable bonds is 10. The summed E-state index contributed by atoms with van der Waals surface area (Å²) in [6.07, 6.45) is -0.125. The maximum atomic E-state index is 12.2. The predicted octanol–water partition coefficient (Wildman–Crippen LogP) is 2.37. The van der Waals surface area contributed by atoms with Gasteiger partial charge in [0.25, 0.3) is 5.91 Å². The van der Waals surface area contributed by atoms with E-state index in [1.165, 1.54) is 28.5 Å². The van der Waals surface area contributed by atoms with Crippen molar-refractivity contribution in [1.29, 1.82) is 0 Å². The van der Waals surface area contributed by atoms with E-state index in [0.29, 0.717) is 40.6 Å². The van der Waals surface area contributed by atoms with Crippen LogP contribution in [0.3, 0.4) is 0 Å². The number of carbonyl (C=O) groups excluding carboxylic acids is 2. The summed E-state index contributed by atoms with van der Waals surface area (Å²) in [4.78, 5) is 40.9. The fourth-order valence-electron chi connectivity index (χ4n) is 3.02. The molecule has 178 valence electrons. The number of carboxylic acids is 1. The molecule has 13 heteroatoms. The molecule has 3 N–H and O–H groups in total. The molecule has 9 nitrogen and oxygen atoms in total. The second-order valence-electron chi connectivity index (χ2n) is 7.14. The number of ether oxygens (including phenoxy) is 1. The molecule has 0 saturated carbocycles. The van der Waals surface area contributed by atoms with Gasteiger partial charge in [0.1, 0.15) is 12.2 Å². The lowest BCUT2D eigenvalue weighted by atomic mass is 10.2. The Hall–Kier alpha value is -1.89. The molecule has 1 fully saturated rings. The van der Waals surface area contributed by atoms with Crippen LogP contribution < -0.4 is 10.6 Å². The first kappa shape index (κ1) is 25.7. The molecule has 2 amide bonds. The number of morpholine rings is 1. The predicted molar refractivity (Wildman–Crippen MR) is 127 cm³/mol. The van der Waals surface area contributed by atoms with Gasteiger partial charge in [0.2, 0.25) is 5.91 Å². The summed E-state index contributed by atoms with van der Waals surface area (Å²) in [6, 6.07) is 5.58. The van der Waals surface area contributed by atoms with Crippen LogP contribution in [0.2, 0.25) is 10.0 Å². The molecule has 0 aliphatic carbocycles. The minimum atomic E-state index is -1.13. The van der Waals surface area contributed by atoms with Crippen molar-refractivity contribution in [3.05, 3.63) is 44.9 Å². The minimum absolute atomic E-state index is 0.125. The summed E-state index contributed by atoms with van der Waals surface area (Å²) < 4.78 is 6.31. The first-order valence-electron chi connectivity index (χ1n) is 9.93. The zero-order chi connectivity index (χ0) is 23.8. The quantitative estimate of drug-likeness (QED) is 0.398. The van der Waals surface area contributed by atoms with Gasteiger partial charge in [-0.2, -0.15) is 0 Å². The minimum Gasteiger partial charge on any atom is -0.480 e. The van der Waals surface area contributed by atoms with E-state index in [0.717, 1.165) is 12.1 Å². The molecule has 1 aliphatic heterocycles. The molecule has 33 heavy (non-hydrogen) atoms. The number of thioether (sulfide) groups is 1. The number of thiazole rings is 1. The Morgan fingerprint density at radius 1 is 1.27 bits per heavy atom. The third-order valence-corrected chi connectivity index (χ3v) is 7.34. The van der Waals surface area contributed by atoms with E-state index in [9.17, 15) is 14.4 Å². The highest BCUT2D eigenvalue weighted by Gasteiger charge is 2.21. The van der Waals surface area contributed by atoms with E-state index < -0.39 is 18.4 Å². The molecule has 0 spiro atoms.